The van der Waals surface area contributed by atoms with Crippen LogP contribution in [-0.2, 0) is 10.8 Å². The molecule has 0 spiro atoms. The Balaban J connectivity index is 1.13. The molecule has 2 aliphatic rings. The van der Waals surface area contributed by atoms with E-state index < -0.39 is 0 Å². The molecule has 2 aliphatic heterocycles. The number of nitrogens with zero attached hydrogens (tertiary/aromatic N) is 3. The number of benzene rings is 9. The number of anilines is 3. The zero-order chi connectivity index (χ0) is 41.8. The average molecular weight is 796 g/mol. The van der Waals surface area contributed by atoms with Crippen molar-refractivity contribution in [2.75, 3.05) is 4.90 Å². The van der Waals surface area contributed by atoms with Gasteiger partial charge in [-0.1, -0.05) is 145 Å². The summed E-state index contributed by atoms with van der Waals surface area (Å²) in [6.07, 6.45) is 0. The van der Waals surface area contributed by atoms with Crippen molar-refractivity contribution in [3.63, 3.8) is 0 Å². The van der Waals surface area contributed by atoms with Gasteiger partial charge in [0.25, 0.3) is 0 Å². The molecule has 0 radical (unpaired) electrons. The van der Waals surface area contributed by atoms with Gasteiger partial charge in [-0.15, -0.1) is 0 Å². The largest absolute Gasteiger partial charge is 0.375 e. The van der Waals surface area contributed by atoms with E-state index in [1.54, 1.807) is 0 Å². The molecule has 0 saturated heterocycles. The summed E-state index contributed by atoms with van der Waals surface area (Å²) in [5.41, 5.74) is 17.9. The molecular weight excluding hydrogens is 749 g/mol. The fourth-order valence-electron chi connectivity index (χ4n) is 11.1. The predicted molar refractivity (Wildman–Crippen MR) is 267 cm³/mol. The topological polar surface area (TPSA) is 13.1 Å². The summed E-state index contributed by atoms with van der Waals surface area (Å²) in [5.74, 6) is 0. The summed E-state index contributed by atoms with van der Waals surface area (Å²) in [4.78, 5) is 2.60. The summed E-state index contributed by atoms with van der Waals surface area (Å²) in [5, 5.41) is 10.2. The lowest BCUT2D eigenvalue weighted by atomic mass is 9.44. The number of para-hydroxylation sites is 4. The van der Waals surface area contributed by atoms with E-state index >= 15 is 0 Å². The fourth-order valence-corrected chi connectivity index (χ4v) is 11.1. The first-order valence-corrected chi connectivity index (χ1v) is 22.1. The second kappa shape index (κ2) is 12.3. The molecule has 4 heteroatoms. The summed E-state index contributed by atoms with van der Waals surface area (Å²) in [6, 6.07) is 64.6. The molecule has 0 atom stereocenters. The lowest BCUT2D eigenvalue weighted by Gasteiger charge is -2.41. The van der Waals surface area contributed by atoms with Gasteiger partial charge in [0, 0.05) is 60.9 Å². The number of fused-ring (bicyclic) bond motifs is 13. The standard InChI is InChI=1S/C58H46BN3/c1-57(2,3)38-32-39(58(4,5)6)34-41(33-38)61-52-24-14-18-45-47-20-13-19-46-44-17-9-12-23-51(44)62(56(46)47)59(54(45)52)55-48-31-35-25-27-40(30-37(35)29-36(48)26-28-53(55)61)60-49-21-10-7-15-42(49)43-16-8-11-22-50(43)60/h7-34H,1-6H3. The summed E-state index contributed by atoms with van der Waals surface area (Å²) < 4.78 is 5.11. The maximum atomic E-state index is 2.68. The van der Waals surface area contributed by atoms with Gasteiger partial charge in [-0.2, -0.15) is 0 Å². The number of hydrogen-bond acceptors (Lipinski definition) is 1. The Morgan fingerprint density at radius 1 is 0.387 bits per heavy atom. The van der Waals surface area contributed by atoms with Crippen LogP contribution in [0.4, 0.5) is 17.1 Å². The van der Waals surface area contributed by atoms with Gasteiger partial charge in [0.15, 0.2) is 0 Å². The van der Waals surface area contributed by atoms with Crippen LogP contribution in [0.15, 0.2) is 170 Å². The molecule has 13 rings (SSSR count). The van der Waals surface area contributed by atoms with Gasteiger partial charge >= 0.3 is 6.85 Å². The predicted octanol–water partition coefficient (Wildman–Crippen LogP) is 14.2. The van der Waals surface area contributed by atoms with Crippen molar-refractivity contribution in [2.45, 2.75) is 52.4 Å². The highest BCUT2D eigenvalue weighted by molar-refractivity contribution is 6.91. The van der Waals surface area contributed by atoms with Gasteiger partial charge in [-0.25, -0.2) is 0 Å². The highest BCUT2D eigenvalue weighted by atomic mass is 15.2. The van der Waals surface area contributed by atoms with Gasteiger partial charge in [-0.05, 0) is 127 Å². The minimum absolute atomic E-state index is 0.0255. The van der Waals surface area contributed by atoms with Crippen LogP contribution in [0.3, 0.4) is 0 Å². The lowest BCUT2D eigenvalue weighted by Crippen LogP contribution is -2.57. The quantitative estimate of drug-likeness (QED) is 0.125. The molecule has 4 heterocycles. The minimum atomic E-state index is -0.0318. The number of aromatic nitrogens is 2. The van der Waals surface area contributed by atoms with Crippen LogP contribution >= 0.6 is 0 Å². The maximum Gasteiger partial charge on any atom is 0.333 e. The maximum absolute atomic E-state index is 2.68. The van der Waals surface area contributed by atoms with Crippen molar-refractivity contribution in [3.8, 4) is 16.8 Å². The van der Waals surface area contributed by atoms with Gasteiger partial charge in [0.05, 0.1) is 11.0 Å². The third kappa shape index (κ3) is 4.84. The molecule has 0 fully saturated rings. The van der Waals surface area contributed by atoms with Crippen LogP contribution in [0.1, 0.15) is 52.7 Å². The lowest BCUT2D eigenvalue weighted by molar-refractivity contribution is 0.569. The highest BCUT2D eigenvalue weighted by Gasteiger charge is 2.43. The normalized spacial score (nSPS) is 13.6. The van der Waals surface area contributed by atoms with Gasteiger partial charge in [-0.3, -0.25) is 0 Å². The van der Waals surface area contributed by atoms with Crippen LogP contribution in [0.25, 0.3) is 82.0 Å². The molecule has 0 aliphatic carbocycles. The SMILES string of the molecule is CC(C)(C)c1cc(N2c3cccc4c3B(c3c2ccc2cc5cc(-n6c7ccccc7c7ccccc76)ccc5cc32)n2c3ccccc3c3cccc-4c32)cc(C(C)(C)C)c1. The van der Waals surface area contributed by atoms with Crippen LogP contribution in [0.5, 0.6) is 0 Å². The highest BCUT2D eigenvalue weighted by Crippen LogP contribution is 2.47. The zero-order valence-corrected chi connectivity index (χ0v) is 36.1. The molecule has 0 unspecified atom stereocenters. The molecule has 11 aromatic rings. The first kappa shape index (κ1) is 35.7. The Bertz CT molecular complexity index is 3650. The van der Waals surface area contributed by atoms with Crippen molar-refractivity contribution < 1.29 is 0 Å². The third-order valence-electron chi connectivity index (χ3n) is 14.1. The monoisotopic (exact) mass is 795 g/mol. The van der Waals surface area contributed by atoms with Crippen molar-refractivity contribution >= 4 is 100.0 Å². The molecule has 3 nitrogen and oxygen atoms in total. The van der Waals surface area contributed by atoms with Crippen LogP contribution in [0, 0.1) is 0 Å². The average Bonchev–Trinajstić information content (AvgIpc) is 3.79. The van der Waals surface area contributed by atoms with Gasteiger partial charge in [0.2, 0.25) is 0 Å². The Kier molecular flexibility index (Phi) is 7.08. The first-order valence-electron chi connectivity index (χ1n) is 22.1. The summed E-state index contributed by atoms with van der Waals surface area (Å²) >= 11 is 0. The molecule has 62 heavy (non-hydrogen) atoms. The Hall–Kier alpha value is -7.04. The minimum Gasteiger partial charge on any atom is -0.375 e. The number of rotatable bonds is 2. The zero-order valence-electron chi connectivity index (χ0n) is 36.1. The second-order valence-corrected chi connectivity index (χ2v) is 19.8. The van der Waals surface area contributed by atoms with Crippen molar-refractivity contribution in [1.82, 2.24) is 9.05 Å². The number of hydrogen-bond donors (Lipinski definition) is 0. The van der Waals surface area contributed by atoms with E-state index in [2.05, 4.69) is 225 Å². The molecular formula is C58H46BN3. The molecule has 2 aromatic heterocycles. The molecule has 0 N–H and O–H groups in total. The van der Waals surface area contributed by atoms with E-state index in [1.807, 2.05) is 0 Å². The van der Waals surface area contributed by atoms with E-state index in [0.29, 0.717) is 0 Å². The van der Waals surface area contributed by atoms with E-state index in [1.165, 1.54) is 121 Å². The van der Waals surface area contributed by atoms with Crippen LogP contribution in [0.2, 0.25) is 0 Å². The van der Waals surface area contributed by atoms with E-state index in [-0.39, 0.29) is 17.7 Å². The summed E-state index contributed by atoms with van der Waals surface area (Å²) in [7, 11) is 0. The molecule has 0 amide bonds. The Morgan fingerprint density at radius 3 is 1.66 bits per heavy atom. The Labute approximate surface area is 362 Å². The van der Waals surface area contributed by atoms with Crippen molar-refractivity contribution in [2.24, 2.45) is 0 Å². The fraction of sp³-hybridized carbons (Fsp3) is 0.138. The van der Waals surface area contributed by atoms with Crippen LogP contribution < -0.4 is 15.8 Å². The third-order valence-corrected chi connectivity index (χ3v) is 14.1. The molecule has 296 valence electrons. The molecule has 0 saturated carbocycles. The summed E-state index contributed by atoms with van der Waals surface area (Å²) in [6.45, 7) is 14.0. The van der Waals surface area contributed by atoms with Gasteiger partial charge in [0.1, 0.15) is 0 Å². The smallest absolute Gasteiger partial charge is 0.333 e. The van der Waals surface area contributed by atoms with E-state index in [0.717, 1.165) is 0 Å². The Morgan fingerprint density at radius 2 is 0.968 bits per heavy atom. The first-order chi connectivity index (χ1) is 30.0. The van der Waals surface area contributed by atoms with Gasteiger partial charge < -0.3 is 13.9 Å². The van der Waals surface area contributed by atoms with Crippen molar-refractivity contribution in [1.29, 1.82) is 0 Å². The van der Waals surface area contributed by atoms with Crippen LogP contribution in [-0.4, -0.2) is 15.9 Å². The van der Waals surface area contributed by atoms with E-state index in [9.17, 15) is 0 Å². The molecule has 0 bridgehead atoms. The van der Waals surface area contributed by atoms with Crippen molar-refractivity contribution in [3.05, 3.63) is 181 Å². The molecule has 9 aromatic carbocycles. The second-order valence-electron chi connectivity index (χ2n) is 19.8. The van der Waals surface area contributed by atoms with E-state index in [4.69, 9.17) is 0 Å².